The van der Waals surface area contributed by atoms with Gasteiger partial charge in [0.1, 0.15) is 5.52 Å². The number of nitrogens with two attached hydrogens (primary N) is 1. The van der Waals surface area contributed by atoms with Crippen LogP contribution >= 0.6 is 0 Å². The van der Waals surface area contributed by atoms with Crippen molar-refractivity contribution in [3.63, 3.8) is 0 Å². The van der Waals surface area contributed by atoms with Gasteiger partial charge in [-0.3, -0.25) is 0 Å². The molecule has 3 aromatic rings. The van der Waals surface area contributed by atoms with Crippen molar-refractivity contribution in [1.29, 1.82) is 0 Å². The first-order valence-corrected chi connectivity index (χ1v) is 9.38. The molecule has 5 rings (SSSR count). The quantitative estimate of drug-likeness (QED) is 0.683. The molecule has 29 heavy (non-hydrogen) atoms. The average molecular weight is 406 g/mol. The van der Waals surface area contributed by atoms with E-state index in [1.165, 1.54) is 10.6 Å². The number of methoxy groups -OCH3 is 1. The molecule has 1 aromatic carbocycles. The zero-order valence-corrected chi connectivity index (χ0v) is 15.8. The molecule has 1 unspecified atom stereocenters. The fourth-order valence-electron chi connectivity index (χ4n) is 3.99. The molecule has 0 radical (unpaired) electrons. The summed E-state index contributed by atoms with van der Waals surface area (Å²) in [7, 11) is 1.70. The molecule has 2 aromatic heterocycles. The Hall–Kier alpha value is -2.79. The van der Waals surface area contributed by atoms with Crippen LogP contribution in [0.25, 0.3) is 16.6 Å². The lowest BCUT2D eigenvalue weighted by Crippen LogP contribution is -2.26. The summed E-state index contributed by atoms with van der Waals surface area (Å²) < 4.78 is 42.6. The maximum absolute atomic E-state index is 13.5. The predicted molar refractivity (Wildman–Crippen MR) is 99.0 cm³/mol. The molecule has 9 nitrogen and oxygen atoms in total. The number of ether oxygens (including phenoxy) is 3. The van der Waals surface area contributed by atoms with E-state index < -0.39 is 6.29 Å². The molecular formula is C18H20F2N6O3. The maximum atomic E-state index is 13.5. The minimum atomic E-state index is -3.73. The van der Waals surface area contributed by atoms with Gasteiger partial charge in [0.25, 0.3) is 0 Å². The van der Waals surface area contributed by atoms with Crippen molar-refractivity contribution in [1.82, 2.24) is 24.5 Å². The Morgan fingerprint density at radius 3 is 3.00 bits per heavy atom. The molecule has 2 N–H and O–H groups in total. The van der Waals surface area contributed by atoms with Gasteiger partial charge in [-0.1, -0.05) is 0 Å². The normalized spacial score (nSPS) is 20.9. The molecule has 4 heterocycles. The summed E-state index contributed by atoms with van der Waals surface area (Å²) in [5.41, 5.74) is 6.66. The number of alkyl halides is 2. The SMILES string of the molecule is COCCN1CCC(Cc2nc3c4ccc5c(c4nc(N)n3n2)OC(F)(F)O5)C1. The zero-order chi connectivity index (χ0) is 20.2. The zero-order valence-electron chi connectivity index (χ0n) is 15.8. The molecule has 2 aliphatic heterocycles. The highest BCUT2D eigenvalue weighted by Gasteiger charge is 2.45. The van der Waals surface area contributed by atoms with E-state index >= 15 is 0 Å². The largest absolute Gasteiger partial charge is 0.586 e. The number of halogens is 2. The maximum Gasteiger partial charge on any atom is 0.586 e. The van der Waals surface area contributed by atoms with E-state index in [9.17, 15) is 8.78 Å². The van der Waals surface area contributed by atoms with E-state index in [-0.39, 0.29) is 23.0 Å². The van der Waals surface area contributed by atoms with Crippen LogP contribution < -0.4 is 15.2 Å². The van der Waals surface area contributed by atoms with E-state index in [0.29, 0.717) is 35.8 Å². The van der Waals surface area contributed by atoms with Crippen molar-refractivity contribution in [2.45, 2.75) is 19.1 Å². The van der Waals surface area contributed by atoms with Gasteiger partial charge in [-0.25, -0.2) is 9.97 Å². The van der Waals surface area contributed by atoms with E-state index in [0.717, 1.165) is 26.1 Å². The Bertz CT molecular complexity index is 1090. The van der Waals surface area contributed by atoms with Gasteiger partial charge in [-0.05, 0) is 31.0 Å². The summed E-state index contributed by atoms with van der Waals surface area (Å²) >= 11 is 0. The number of fused-ring (bicyclic) bond motifs is 5. The van der Waals surface area contributed by atoms with Crippen LogP contribution in [0.1, 0.15) is 12.2 Å². The van der Waals surface area contributed by atoms with E-state index in [2.05, 4.69) is 29.4 Å². The summed E-state index contributed by atoms with van der Waals surface area (Å²) in [6.07, 6.45) is -1.97. The number of likely N-dealkylation sites (tertiary alicyclic amines) is 1. The van der Waals surface area contributed by atoms with Gasteiger partial charge >= 0.3 is 6.29 Å². The first-order valence-electron chi connectivity index (χ1n) is 9.38. The van der Waals surface area contributed by atoms with Gasteiger partial charge in [0.05, 0.1) is 6.61 Å². The molecule has 2 aliphatic rings. The van der Waals surface area contributed by atoms with Crippen LogP contribution in [0.15, 0.2) is 12.1 Å². The van der Waals surface area contributed by atoms with Crippen LogP contribution in [0, 0.1) is 5.92 Å². The highest BCUT2D eigenvalue weighted by Crippen LogP contribution is 2.45. The van der Waals surface area contributed by atoms with Gasteiger partial charge < -0.3 is 24.8 Å². The molecular weight excluding hydrogens is 386 g/mol. The number of benzene rings is 1. The van der Waals surface area contributed by atoms with Crippen LogP contribution in [-0.4, -0.2) is 64.1 Å². The second-order valence-corrected chi connectivity index (χ2v) is 7.34. The van der Waals surface area contributed by atoms with Crippen LogP contribution in [0.4, 0.5) is 14.7 Å². The molecule has 0 saturated carbocycles. The Labute approximate surface area is 164 Å². The van der Waals surface area contributed by atoms with Gasteiger partial charge in [0.15, 0.2) is 23.0 Å². The number of rotatable bonds is 5. The fourth-order valence-corrected chi connectivity index (χ4v) is 3.99. The molecule has 11 heteroatoms. The lowest BCUT2D eigenvalue weighted by atomic mass is 10.1. The lowest BCUT2D eigenvalue weighted by Gasteiger charge is -2.14. The molecule has 0 spiro atoms. The van der Waals surface area contributed by atoms with Gasteiger partial charge in [-0.15, -0.1) is 13.9 Å². The smallest absolute Gasteiger partial charge is 0.395 e. The van der Waals surface area contributed by atoms with Crippen molar-refractivity contribution in [2.75, 3.05) is 39.1 Å². The first-order chi connectivity index (χ1) is 13.9. The summed E-state index contributed by atoms with van der Waals surface area (Å²) in [6.45, 7) is 3.60. The minimum absolute atomic E-state index is 0.0478. The number of aromatic nitrogens is 4. The molecule has 1 atom stereocenters. The van der Waals surface area contributed by atoms with Crippen molar-refractivity contribution < 1.29 is 23.0 Å². The van der Waals surface area contributed by atoms with Crippen LogP contribution in [-0.2, 0) is 11.2 Å². The molecule has 0 bridgehead atoms. The highest BCUT2D eigenvalue weighted by atomic mass is 19.3. The summed E-state index contributed by atoms with van der Waals surface area (Å²) in [5, 5.41) is 5.01. The minimum Gasteiger partial charge on any atom is -0.395 e. The van der Waals surface area contributed by atoms with Gasteiger partial charge in [0.2, 0.25) is 5.95 Å². The molecule has 1 fully saturated rings. The number of nitrogen functional groups attached to an aromatic ring is 1. The molecule has 154 valence electrons. The number of hydrogen-bond acceptors (Lipinski definition) is 8. The summed E-state index contributed by atoms with van der Waals surface area (Å²) in [5.74, 6) is 0.903. The number of hydrogen-bond donors (Lipinski definition) is 1. The number of nitrogens with zero attached hydrogens (tertiary/aromatic N) is 5. The molecule has 0 aliphatic carbocycles. The Morgan fingerprint density at radius 2 is 2.17 bits per heavy atom. The van der Waals surface area contributed by atoms with E-state index in [1.807, 2.05) is 0 Å². The first kappa shape index (κ1) is 18.3. The average Bonchev–Trinajstić information content (AvgIpc) is 3.36. The predicted octanol–water partition coefficient (Wildman–Crippen LogP) is 1.69. The molecule has 1 saturated heterocycles. The van der Waals surface area contributed by atoms with Crippen LogP contribution in [0.2, 0.25) is 0 Å². The van der Waals surface area contributed by atoms with Gasteiger partial charge in [0, 0.05) is 32.0 Å². The van der Waals surface area contributed by atoms with Crippen LogP contribution in [0.3, 0.4) is 0 Å². The van der Waals surface area contributed by atoms with Crippen molar-refractivity contribution in [3.05, 3.63) is 18.0 Å². The van der Waals surface area contributed by atoms with Crippen molar-refractivity contribution in [2.24, 2.45) is 5.92 Å². The third kappa shape index (κ3) is 3.19. The third-order valence-corrected chi connectivity index (χ3v) is 5.33. The Kier molecular flexibility index (Phi) is 4.17. The standard InChI is InChI=1S/C18H20F2N6O3/c1-27-7-6-25-5-4-10(9-25)8-13-22-16-11-2-3-12-15(29-18(19,20)28-12)14(11)23-17(21)26(16)24-13/h2-3,10H,4-9H2,1H3,(H2,21,23). The molecule has 0 amide bonds. The Balaban J connectivity index is 1.46. The van der Waals surface area contributed by atoms with E-state index in [4.69, 9.17) is 10.5 Å². The van der Waals surface area contributed by atoms with Crippen LogP contribution in [0.5, 0.6) is 11.5 Å². The topological polar surface area (TPSA) is 100 Å². The van der Waals surface area contributed by atoms with E-state index in [1.54, 1.807) is 13.2 Å². The Morgan fingerprint density at radius 1 is 1.31 bits per heavy atom. The van der Waals surface area contributed by atoms with Crippen molar-refractivity contribution >= 4 is 22.5 Å². The monoisotopic (exact) mass is 406 g/mol. The number of anilines is 1. The second-order valence-electron chi connectivity index (χ2n) is 7.34. The third-order valence-electron chi connectivity index (χ3n) is 5.33. The second kappa shape index (κ2) is 6.63. The summed E-state index contributed by atoms with van der Waals surface area (Å²) in [4.78, 5) is 11.2. The summed E-state index contributed by atoms with van der Waals surface area (Å²) in [6, 6.07) is 3.02. The lowest BCUT2D eigenvalue weighted by molar-refractivity contribution is -0.286. The van der Waals surface area contributed by atoms with Gasteiger partial charge in [-0.2, -0.15) is 4.52 Å². The fraction of sp³-hybridized carbons (Fsp3) is 0.500. The highest BCUT2D eigenvalue weighted by molar-refractivity contribution is 5.97. The van der Waals surface area contributed by atoms with Crippen molar-refractivity contribution in [3.8, 4) is 11.5 Å².